The molecule has 1 unspecified atom stereocenters. The van der Waals surface area contributed by atoms with Gasteiger partial charge < -0.3 is 11.5 Å². The summed E-state index contributed by atoms with van der Waals surface area (Å²) in [6.45, 7) is 5.26. The van der Waals surface area contributed by atoms with Crippen molar-refractivity contribution < 1.29 is 4.79 Å². The van der Waals surface area contributed by atoms with Crippen LogP contribution in [0.2, 0.25) is 0 Å². The second kappa shape index (κ2) is 5.63. The number of carbonyl (C=O) groups excluding carboxylic acids is 1. The highest BCUT2D eigenvalue weighted by Crippen LogP contribution is 2.22. The van der Waals surface area contributed by atoms with Gasteiger partial charge in [0.25, 0.3) is 0 Å². The van der Waals surface area contributed by atoms with E-state index in [0.29, 0.717) is 16.5 Å². The van der Waals surface area contributed by atoms with Gasteiger partial charge in [0.05, 0.1) is 0 Å². The van der Waals surface area contributed by atoms with Crippen LogP contribution < -0.4 is 11.5 Å². The summed E-state index contributed by atoms with van der Waals surface area (Å²) in [5, 5.41) is 0.671. The lowest BCUT2D eigenvalue weighted by atomic mass is 10.1. The number of hydrogen-bond acceptors (Lipinski definition) is 4. The molecule has 0 saturated carbocycles. The van der Waals surface area contributed by atoms with Gasteiger partial charge in [0.15, 0.2) is 0 Å². The second-order valence-electron chi connectivity index (χ2n) is 4.69. The van der Waals surface area contributed by atoms with Gasteiger partial charge in [-0.3, -0.25) is 9.69 Å². The van der Waals surface area contributed by atoms with Crippen LogP contribution in [0.3, 0.4) is 0 Å². The monoisotopic (exact) mass is 265 g/mol. The molecule has 0 aromatic heterocycles. The number of thioether (sulfide) groups is 1. The van der Waals surface area contributed by atoms with Crippen molar-refractivity contribution >= 4 is 23.4 Å². The summed E-state index contributed by atoms with van der Waals surface area (Å²) in [6.07, 6.45) is 0. The van der Waals surface area contributed by atoms with Crippen molar-refractivity contribution in [2.45, 2.75) is 18.7 Å². The number of rotatable bonds is 3. The smallest absolute Gasteiger partial charge is 0.248 e. The minimum atomic E-state index is -0.434. The summed E-state index contributed by atoms with van der Waals surface area (Å²) < 4.78 is 0. The minimum Gasteiger partial charge on any atom is -0.398 e. The summed E-state index contributed by atoms with van der Waals surface area (Å²) in [5.41, 5.74) is 13.4. The van der Waals surface area contributed by atoms with Crippen molar-refractivity contribution in [1.82, 2.24) is 4.90 Å². The van der Waals surface area contributed by atoms with E-state index in [1.165, 1.54) is 5.75 Å². The fraction of sp³-hybridized carbons (Fsp3) is 0.462. The van der Waals surface area contributed by atoms with E-state index in [1.54, 1.807) is 12.1 Å². The van der Waals surface area contributed by atoms with E-state index < -0.39 is 5.91 Å². The summed E-state index contributed by atoms with van der Waals surface area (Å²) >= 11 is 2.01. The Morgan fingerprint density at radius 2 is 2.33 bits per heavy atom. The summed E-state index contributed by atoms with van der Waals surface area (Å²) in [7, 11) is 0. The van der Waals surface area contributed by atoms with Gasteiger partial charge in [-0.1, -0.05) is 13.0 Å². The minimum absolute atomic E-state index is 0.434. The lowest BCUT2D eigenvalue weighted by Crippen LogP contribution is -2.36. The number of anilines is 1. The van der Waals surface area contributed by atoms with Gasteiger partial charge in [0.1, 0.15) is 0 Å². The Balaban J connectivity index is 2.07. The molecule has 1 aliphatic heterocycles. The first-order valence-corrected chi connectivity index (χ1v) is 7.13. The van der Waals surface area contributed by atoms with Crippen LogP contribution in [-0.2, 0) is 6.54 Å². The van der Waals surface area contributed by atoms with Crippen LogP contribution in [0.15, 0.2) is 18.2 Å². The first kappa shape index (κ1) is 13.2. The molecule has 4 nitrogen and oxygen atoms in total. The normalized spacial score (nSPS) is 20.8. The summed E-state index contributed by atoms with van der Waals surface area (Å²) in [4.78, 5) is 13.5. The Hall–Kier alpha value is -1.20. The molecular weight excluding hydrogens is 246 g/mol. The van der Waals surface area contributed by atoms with Gasteiger partial charge in [-0.05, 0) is 17.7 Å². The van der Waals surface area contributed by atoms with Crippen LogP contribution in [0.4, 0.5) is 5.69 Å². The Kier molecular flexibility index (Phi) is 4.14. The maximum absolute atomic E-state index is 11.1. The van der Waals surface area contributed by atoms with Crippen LogP contribution in [0.25, 0.3) is 0 Å². The zero-order chi connectivity index (χ0) is 13.1. The van der Waals surface area contributed by atoms with Crippen LogP contribution in [0.5, 0.6) is 0 Å². The Morgan fingerprint density at radius 3 is 2.94 bits per heavy atom. The molecule has 0 spiro atoms. The Bertz CT molecular complexity index is 450. The first-order chi connectivity index (χ1) is 8.56. The average Bonchev–Trinajstić information content (AvgIpc) is 2.31. The molecule has 18 heavy (non-hydrogen) atoms. The molecule has 1 aromatic carbocycles. The first-order valence-electron chi connectivity index (χ1n) is 6.08. The van der Waals surface area contributed by atoms with Crippen LogP contribution >= 0.6 is 11.8 Å². The van der Waals surface area contributed by atoms with E-state index in [9.17, 15) is 4.79 Å². The molecule has 5 heteroatoms. The lowest BCUT2D eigenvalue weighted by Gasteiger charge is -2.30. The highest BCUT2D eigenvalue weighted by atomic mass is 32.2. The molecule has 98 valence electrons. The highest BCUT2D eigenvalue weighted by molar-refractivity contribution is 7.99. The van der Waals surface area contributed by atoms with Crippen molar-refractivity contribution in [3.63, 3.8) is 0 Å². The van der Waals surface area contributed by atoms with Gasteiger partial charge in [-0.15, -0.1) is 0 Å². The van der Waals surface area contributed by atoms with E-state index >= 15 is 0 Å². The third-order valence-electron chi connectivity index (χ3n) is 3.15. The highest BCUT2D eigenvalue weighted by Gasteiger charge is 2.17. The fourth-order valence-electron chi connectivity index (χ4n) is 2.17. The second-order valence-corrected chi connectivity index (χ2v) is 6.24. The van der Waals surface area contributed by atoms with Crippen LogP contribution in [0.1, 0.15) is 22.8 Å². The summed E-state index contributed by atoms with van der Waals surface area (Å²) in [5.74, 6) is 0.733. The van der Waals surface area contributed by atoms with Crippen molar-refractivity contribution in [1.29, 1.82) is 0 Å². The Morgan fingerprint density at radius 1 is 1.56 bits per heavy atom. The SMILES string of the molecule is CC1CN(Cc2ccc(C(N)=O)cc2N)CCS1. The molecule has 0 aliphatic carbocycles. The maximum atomic E-state index is 11.1. The van der Waals surface area contributed by atoms with E-state index in [-0.39, 0.29) is 0 Å². The number of nitrogens with zero attached hydrogens (tertiary/aromatic N) is 1. The van der Waals surface area contributed by atoms with E-state index in [4.69, 9.17) is 11.5 Å². The number of hydrogen-bond donors (Lipinski definition) is 2. The Labute approximate surface area is 112 Å². The zero-order valence-electron chi connectivity index (χ0n) is 10.6. The molecule has 1 saturated heterocycles. The third kappa shape index (κ3) is 3.17. The van der Waals surface area contributed by atoms with Gasteiger partial charge in [-0.2, -0.15) is 11.8 Å². The molecule has 1 heterocycles. The molecule has 2 rings (SSSR count). The third-order valence-corrected chi connectivity index (χ3v) is 4.29. The topological polar surface area (TPSA) is 72.3 Å². The number of amides is 1. The molecule has 1 fully saturated rings. The van der Waals surface area contributed by atoms with Crippen molar-refractivity contribution in [2.24, 2.45) is 5.73 Å². The van der Waals surface area contributed by atoms with Gasteiger partial charge >= 0.3 is 0 Å². The standard InChI is InChI=1S/C13H19N3OS/c1-9-7-16(4-5-18-9)8-11-3-2-10(13(15)17)6-12(11)14/h2-3,6,9H,4-5,7-8,14H2,1H3,(H2,15,17). The molecular formula is C13H19N3OS. The van der Waals surface area contributed by atoms with E-state index in [2.05, 4.69) is 11.8 Å². The van der Waals surface area contributed by atoms with Gasteiger partial charge in [-0.25, -0.2) is 0 Å². The number of nitrogens with two attached hydrogens (primary N) is 2. The number of carbonyl (C=O) groups is 1. The molecule has 0 bridgehead atoms. The molecule has 1 aliphatic rings. The molecule has 0 radical (unpaired) electrons. The largest absolute Gasteiger partial charge is 0.398 e. The van der Waals surface area contributed by atoms with Crippen LogP contribution in [-0.4, -0.2) is 34.9 Å². The predicted octanol–water partition coefficient (Wildman–Crippen LogP) is 1.31. The maximum Gasteiger partial charge on any atom is 0.248 e. The average molecular weight is 265 g/mol. The lowest BCUT2D eigenvalue weighted by molar-refractivity contribution is 0.100. The van der Waals surface area contributed by atoms with E-state index in [0.717, 1.165) is 25.2 Å². The molecule has 4 N–H and O–H groups in total. The number of primary amides is 1. The van der Waals surface area contributed by atoms with Crippen molar-refractivity contribution in [2.75, 3.05) is 24.6 Å². The quantitative estimate of drug-likeness (QED) is 0.808. The van der Waals surface area contributed by atoms with Gasteiger partial charge in [0, 0.05) is 41.9 Å². The van der Waals surface area contributed by atoms with Gasteiger partial charge in [0.2, 0.25) is 5.91 Å². The number of nitrogen functional groups attached to an aromatic ring is 1. The molecule has 1 atom stereocenters. The zero-order valence-corrected chi connectivity index (χ0v) is 11.4. The van der Waals surface area contributed by atoms with E-state index in [1.807, 2.05) is 17.8 Å². The molecule has 1 amide bonds. The van der Waals surface area contributed by atoms with Crippen molar-refractivity contribution in [3.8, 4) is 0 Å². The fourth-order valence-corrected chi connectivity index (χ4v) is 3.25. The predicted molar refractivity (Wildman–Crippen MR) is 76.6 cm³/mol. The van der Waals surface area contributed by atoms with Crippen LogP contribution in [0, 0.1) is 0 Å². The number of benzene rings is 1. The summed E-state index contributed by atoms with van der Waals surface area (Å²) in [6, 6.07) is 5.32. The van der Waals surface area contributed by atoms with Crippen molar-refractivity contribution in [3.05, 3.63) is 29.3 Å². The molecule has 1 aromatic rings.